The summed E-state index contributed by atoms with van der Waals surface area (Å²) >= 11 is 0. The predicted octanol–water partition coefficient (Wildman–Crippen LogP) is 2.90. The van der Waals surface area contributed by atoms with E-state index in [4.69, 9.17) is 14.6 Å². The molecule has 2 N–H and O–H groups in total. The molecule has 160 valence electrons. The fourth-order valence-corrected chi connectivity index (χ4v) is 4.36. The molecule has 4 heterocycles. The van der Waals surface area contributed by atoms with Crippen LogP contribution in [-0.2, 0) is 9.59 Å². The van der Waals surface area contributed by atoms with Gasteiger partial charge in [0.15, 0.2) is 5.76 Å². The molecular weight excluding hydrogens is 396 g/mol. The standard InChI is InChI=1S/C23H24N4O4/c24-23(29)15-7-9-26(10-8-15)14-22(28)27-18(20-6-3-11-30-20)13-17(25-27)21-12-16-4-1-2-5-19(16)31-21/h1-6,11-12,15,18H,7-10,13-14H2,(H2,24,29)/t18-/m1/s1. The molecule has 3 aromatic rings. The number of rotatable bonds is 5. The quantitative estimate of drug-likeness (QED) is 0.683. The van der Waals surface area contributed by atoms with Crippen molar-refractivity contribution in [2.24, 2.45) is 16.8 Å². The van der Waals surface area contributed by atoms with E-state index in [1.807, 2.05) is 42.5 Å². The molecule has 0 saturated carbocycles. The van der Waals surface area contributed by atoms with Gasteiger partial charge in [0.2, 0.25) is 5.91 Å². The van der Waals surface area contributed by atoms with Crippen molar-refractivity contribution in [3.05, 3.63) is 60.2 Å². The van der Waals surface area contributed by atoms with Crippen LogP contribution in [0.2, 0.25) is 0 Å². The average Bonchev–Trinajstić information content (AvgIpc) is 3.52. The Morgan fingerprint density at radius 3 is 2.65 bits per heavy atom. The van der Waals surface area contributed by atoms with Crippen LogP contribution >= 0.6 is 0 Å². The van der Waals surface area contributed by atoms with Crippen LogP contribution in [0.4, 0.5) is 0 Å². The van der Waals surface area contributed by atoms with Gasteiger partial charge >= 0.3 is 0 Å². The maximum atomic E-state index is 13.2. The van der Waals surface area contributed by atoms with E-state index in [9.17, 15) is 9.59 Å². The molecule has 1 saturated heterocycles. The Labute approximate surface area is 179 Å². The Balaban J connectivity index is 1.36. The zero-order valence-corrected chi connectivity index (χ0v) is 17.1. The number of nitrogens with two attached hydrogens (primary N) is 1. The van der Waals surface area contributed by atoms with Gasteiger partial charge in [-0.1, -0.05) is 18.2 Å². The summed E-state index contributed by atoms with van der Waals surface area (Å²) in [5.74, 6) is 0.881. The average molecular weight is 420 g/mol. The van der Waals surface area contributed by atoms with E-state index in [0.717, 1.165) is 16.7 Å². The minimum absolute atomic E-state index is 0.105. The van der Waals surface area contributed by atoms with Crippen molar-refractivity contribution in [3.8, 4) is 0 Å². The molecule has 2 amide bonds. The second kappa shape index (κ2) is 8.03. The summed E-state index contributed by atoms with van der Waals surface area (Å²) in [7, 11) is 0. The molecule has 1 fully saturated rings. The van der Waals surface area contributed by atoms with Gasteiger partial charge in [0, 0.05) is 17.7 Å². The summed E-state index contributed by atoms with van der Waals surface area (Å²) in [5.41, 5.74) is 6.92. The number of hydrazone groups is 1. The first-order chi connectivity index (χ1) is 15.1. The van der Waals surface area contributed by atoms with Crippen LogP contribution in [0.25, 0.3) is 11.0 Å². The van der Waals surface area contributed by atoms with E-state index in [2.05, 4.69) is 10.0 Å². The van der Waals surface area contributed by atoms with Gasteiger partial charge in [0.1, 0.15) is 23.1 Å². The third-order valence-electron chi connectivity index (χ3n) is 6.10. The number of carbonyl (C=O) groups excluding carboxylic acids is 2. The minimum atomic E-state index is -0.311. The number of hydrogen-bond donors (Lipinski definition) is 1. The van der Waals surface area contributed by atoms with E-state index in [0.29, 0.717) is 43.9 Å². The molecule has 2 aromatic heterocycles. The van der Waals surface area contributed by atoms with Crippen molar-refractivity contribution in [2.45, 2.75) is 25.3 Å². The lowest BCUT2D eigenvalue weighted by Gasteiger charge is -2.31. The Bertz CT molecular complexity index is 1090. The number of likely N-dealkylation sites (tertiary alicyclic amines) is 1. The van der Waals surface area contributed by atoms with Gasteiger partial charge in [-0.05, 0) is 50.2 Å². The number of fused-ring (bicyclic) bond motifs is 1. The fourth-order valence-electron chi connectivity index (χ4n) is 4.36. The molecule has 31 heavy (non-hydrogen) atoms. The van der Waals surface area contributed by atoms with Crippen molar-refractivity contribution in [3.63, 3.8) is 0 Å². The zero-order chi connectivity index (χ0) is 21.4. The third kappa shape index (κ3) is 3.86. The Morgan fingerprint density at radius 2 is 1.94 bits per heavy atom. The second-order valence-corrected chi connectivity index (χ2v) is 8.12. The molecule has 0 spiro atoms. The number of amides is 2. The monoisotopic (exact) mass is 420 g/mol. The van der Waals surface area contributed by atoms with E-state index in [1.165, 1.54) is 5.01 Å². The summed E-state index contributed by atoms with van der Waals surface area (Å²) in [5, 5.41) is 7.16. The molecule has 0 radical (unpaired) electrons. The molecule has 5 rings (SSSR count). The summed E-state index contributed by atoms with van der Waals surface area (Å²) < 4.78 is 11.6. The molecule has 0 unspecified atom stereocenters. The highest BCUT2D eigenvalue weighted by Gasteiger charge is 2.37. The smallest absolute Gasteiger partial charge is 0.257 e. The van der Waals surface area contributed by atoms with Crippen LogP contribution < -0.4 is 5.73 Å². The number of carbonyl (C=O) groups is 2. The van der Waals surface area contributed by atoms with Gasteiger partial charge in [0.25, 0.3) is 5.91 Å². The minimum Gasteiger partial charge on any atom is -0.467 e. The van der Waals surface area contributed by atoms with E-state index >= 15 is 0 Å². The molecule has 2 aliphatic rings. The van der Waals surface area contributed by atoms with E-state index in [-0.39, 0.29) is 30.3 Å². The Morgan fingerprint density at radius 1 is 1.13 bits per heavy atom. The van der Waals surface area contributed by atoms with Gasteiger partial charge in [-0.2, -0.15) is 5.10 Å². The maximum Gasteiger partial charge on any atom is 0.257 e. The van der Waals surface area contributed by atoms with Crippen LogP contribution in [0.3, 0.4) is 0 Å². The van der Waals surface area contributed by atoms with Crippen LogP contribution in [-0.4, -0.2) is 47.1 Å². The lowest BCUT2D eigenvalue weighted by molar-refractivity contribution is -0.135. The number of para-hydroxylation sites is 1. The topological polar surface area (TPSA) is 105 Å². The lowest BCUT2D eigenvalue weighted by Crippen LogP contribution is -2.43. The van der Waals surface area contributed by atoms with Gasteiger partial charge in [0.05, 0.1) is 12.8 Å². The lowest BCUT2D eigenvalue weighted by atomic mass is 9.96. The highest BCUT2D eigenvalue weighted by Crippen LogP contribution is 2.34. The number of benzene rings is 1. The molecule has 0 aliphatic carbocycles. The van der Waals surface area contributed by atoms with Crippen LogP contribution in [0, 0.1) is 5.92 Å². The first-order valence-electron chi connectivity index (χ1n) is 10.5. The predicted molar refractivity (Wildman–Crippen MR) is 114 cm³/mol. The first kappa shape index (κ1) is 19.6. The zero-order valence-electron chi connectivity index (χ0n) is 17.1. The number of hydrogen-bond acceptors (Lipinski definition) is 6. The molecule has 8 nitrogen and oxygen atoms in total. The van der Waals surface area contributed by atoms with E-state index < -0.39 is 0 Å². The first-order valence-corrected chi connectivity index (χ1v) is 10.5. The molecule has 0 bridgehead atoms. The van der Waals surface area contributed by atoms with Gasteiger partial charge in [-0.15, -0.1) is 0 Å². The summed E-state index contributed by atoms with van der Waals surface area (Å²) in [6.07, 6.45) is 3.48. The Hall–Kier alpha value is -3.39. The van der Waals surface area contributed by atoms with Crippen LogP contribution in [0.5, 0.6) is 0 Å². The summed E-state index contributed by atoms with van der Waals surface area (Å²) in [6, 6.07) is 13.1. The van der Waals surface area contributed by atoms with Gasteiger partial charge in [-0.25, -0.2) is 5.01 Å². The van der Waals surface area contributed by atoms with E-state index in [1.54, 1.807) is 6.26 Å². The highest BCUT2D eigenvalue weighted by molar-refractivity contribution is 6.03. The molecule has 8 heteroatoms. The molecule has 1 atom stereocenters. The van der Waals surface area contributed by atoms with Gasteiger partial charge < -0.3 is 14.6 Å². The van der Waals surface area contributed by atoms with Crippen LogP contribution in [0.15, 0.2) is 62.7 Å². The van der Waals surface area contributed by atoms with Crippen molar-refractivity contribution in [2.75, 3.05) is 19.6 Å². The maximum absolute atomic E-state index is 13.2. The summed E-state index contributed by atoms with van der Waals surface area (Å²) in [4.78, 5) is 26.6. The highest BCUT2D eigenvalue weighted by atomic mass is 16.3. The molecular formula is C23H24N4O4. The van der Waals surface area contributed by atoms with Crippen molar-refractivity contribution in [1.29, 1.82) is 0 Å². The Kier molecular flexibility index (Phi) is 5.07. The van der Waals surface area contributed by atoms with Crippen molar-refractivity contribution in [1.82, 2.24) is 9.91 Å². The number of primary amides is 1. The second-order valence-electron chi connectivity index (χ2n) is 8.12. The number of piperidine rings is 1. The van der Waals surface area contributed by atoms with Crippen molar-refractivity contribution >= 4 is 28.5 Å². The SMILES string of the molecule is NC(=O)C1CCN(CC(=O)N2N=C(c3cc4ccccc4o3)C[C@@H]2c2ccco2)CC1. The van der Waals surface area contributed by atoms with Crippen LogP contribution in [0.1, 0.15) is 36.8 Å². The molecule has 2 aliphatic heterocycles. The normalized spacial score (nSPS) is 20.3. The summed E-state index contributed by atoms with van der Waals surface area (Å²) in [6.45, 7) is 1.57. The van der Waals surface area contributed by atoms with Crippen molar-refractivity contribution < 1.29 is 18.4 Å². The third-order valence-corrected chi connectivity index (χ3v) is 6.10. The van der Waals surface area contributed by atoms with Gasteiger partial charge in [-0.3, -0.25) is 14.5 Å². The molecule has 1 aromatic carbocycles. The largest absolute Gasteiger partial charge is 0.467 e. The number of furan rings is 2. The number of nitrogens with zero attached hydrogens (tertiary/aromatic N) is 3. The fraction of sp³-hybridized carbons (Fsp3) is 0.348.